The molecule has 2 aliphatic rings. The lowest BCUT2D eigenvalue weighted by atomic mass is 10.1. The smallest absolute Gasteiger partial charge is 0.309 e. The Morgan fingerprint density at radius 2 is 2.14 bits per heavy atom. The molecule has 3 rings (SSSR count). The van der Waals surface area contributed by atoms with E-state index in [1.54, 1.807) is 0 Å². The first-order chi connectivity index (χ1) is 10.8. The maximum absolute atomic E-state index is 11.4. The number of hydrogen-bond donors (Lipinski definition) is 0. The van der Waals surface area contributed by atoms with E-state index < -0.39 is 0 Å². The van der Waals surface area contributed by atoms with Gasteiger partial charge >= 0.3 is 5.97 Å². The average molecular weight is 305 g/mol. The summed E-state index contributed by atoms with van der Waals surface area (Å²) < 4.78 is 16.5. The standard InChI is InChI=1S/C17H23NO4/c1-20-16(19)10-14-12-21-17-13(6-5-7-15(17)22-14)11-18-8-3-2-4-9-18/h5-7,14H,2-4,8-12H2,1H3. The van der Waals surface area contributed by atoms with Crippen molar-refractivity contribution in [1.29, 1.82) is 0 Å². The van der Waals surface area contributed by atoms with Crippen molar-refractivity contribution in [2.45, 2.75) is 38.3 Å². The summed E-state index contributed by atoms with van der Waals surface area (Å²) in [5, 5.41) is 0. The Morgan fingerprint density at radius 1 is 1.32 bits per heavy atom. The van der Waals surface area contributed by atoms with Crippen LogP contribution in [-0.4, -0.2) is 43.8 Å². The lowest BCUT2D eigenvalue weighted by molar-refractivity contribution is -0.143. The monoisotopic (exact) mass is 305 g/mol. The van der Waals surface area contributed by atoms with E-state index in [-0.39, 0.29) is 18.5 Å². The van der Waals surface area contributed by atoms with E-state index in [2.05, 4.69) is 15.7 Å². The number of piperidine rings is 1. The van der Waals surface area contributed by atoms with Crippen LogP contribution in [0.2, 0.25) is 0 Å². The number of likely N-dealkylation sites (tertiary alicyclic amines) is 1. The number of rotatable bonds is 4. The predicted octanol–water partition coefficient (Wildman–Crippen LogP) is 2.38. The van der Waals surface area contributed by atoms with E-state index in [9.17, 15) is 4.79 Å². The molecule has 120 valence electrons. The highest BCUT2D eigenvalue weighted by Gasteiger charge is 2.26. The molecule has 2 aliphatic heterocycles. The van der Waals surface area contributed by atoms with Gasteiger partial charge in [0, 0.05) is 12.1 Å². The Bertz CT molecular complexity index is 525. The van der Waals surface area contributed by atoms with Crippen molar-refractivity contribution >= 4 is 5.97 Å². The van der Waals surface area contributed by atoms with Crippen LogP contribution in [0.3, 0.4) is 0 Å². The molecule has 1 saturated heterocycles. The van der Waals surface area contributed by atoms with E-state index in [4.69, 9.17) is 9.47 Å². The molecule has 22 heavy (non-hydrogen) atoms. The molecule has 1 aromatic rings. The zero-order valence-corrected chi connectivity index (χ0v) is 13.0. The van der Waals surface area contributed by atoms with Crippen molar-refractivity contribution in [3.63, 3.8) is 0 Å². The van der Waals surface area contributed by atoms with Gasteiger partial charge in [0.25, 0.3) is 0 Å². The molecular weight excluding hydrogens is 282 g/mol. The highest BCUT2D eigenvalue weighted by atomic mass is 16.6. The molecule has 5 heteroatoms. The molecule has 0 aliphatic carbocycles. The Hall–Kier alpha value is -1.75. The third-order valence-corrected chi connectivity index (χ3v) is 4.23. The Morgan fingerprint density at radius 3 is 2.91 bits per heavy atom. The van der Waals surface area contributed by atoms with Gasteiger partial charge in [0.1, 0.15) is 12.7 Å². The summed E-state index contributed by atoms with van der Waals surface area (Å²) in [5.41, 5.74) is 1.16. The molecule has 0 aromatic heterocycles. The molecule has 0 radical (unpaired) electrons. The van der Waals surface area contributed by atoms with Gasteiger partial charge in [-0.1, -0.05) is 18.6 Å². The van der Waals surface area contributed by atoms with Crippen LogP contribution in [0.5, 0.6) is 11.5 Å². The molecule has 1 atom stereocenters. The van der Waals surface area contributed by atoms with Gasteiger partial charge in [-0.05, 0) is 32.0 Å². The van der Waals surface area contributed by atoms with Gasteiger partial charge in [0.15, 0.2) is 11.5 Å². The van der Waals surface area contributed by atoms with E-state index >= 15 is 0 Å². The van der Waals surface area contributed by atoms with Crippen LogP contribution in [0, 0.1) is 0 Å². The first-order valence-corrected chi connectivity index (χ1v) is 7.97. The van der Waals surface area contributed by atoms with Crippen LogP contribution in [0.25, 0.3) is 0 Å². The summed E-state index contributed by atoms with van der Waals surface area (Å²) in [4.78, 5) is 13.8. The number of nitrogens with zero attached hydrogens (tertiary/aromatic N) is 1. The van der Waals surface area contributed by atoms with Crippen molar-refractivity contribution in [1.82, 2.24) is 4.90 Å². The van der Waals surface area contributed by atoms with Gasteiger partial charge in [0.05, 0.1) is 13.5 Å². The maximum Gasteiger partial charge on any atom is 0.309 e. The number of ether oxygens (including phenoxy) is 3. The van der Waals surface area contributed by atoms with Gasteiger partial charge in [-0.25, -0.2) is 0 Å². The summed E-state index contributed by atoms with van der Waals surface area (Å²) >= 11 is 0. The molecule has 1 aromatic carbocycles. The van der Waals surface area contributed by atoms with Gasteiger partial charge in [-0.3, -0.25) is 9.69 Å². The summed E-state index contributed by atoms with van der Waals surface area (Å²) in [6.45, 7) is 3.58. The molecule has 5 nitrogen and oxygen atoms in total. The van der Waals surface area contributed by atoms with E-state index in [0.717, 1.165) is 36.7 Å². The van der Waals surface area contributed by atoms with Crippen molar-refractivity contribution in [3.05, 3.63) is 23.8 Å². The molecule has 0 bridgehead atoms. The minimum atomic E-state index is -0.276. The average Bonchev–Trinajstić information content (AvgIpc) is 2.56. The molecule has 2 heterocycles. The Balaban J connectivity index is 1.68. The minimum absolute atomic E-state index is 0.215. The molecule has 1 unspecified atom stereocenters. The first kappa shape index (κ1) is 15.2. The van der Waals surface area contributed by atoms with Gasteiger partial charge < -0.3 is 14.2 Å². The Kier molecular flexibility index (Phi) is 4.83. The minimum Gasteiger partial charge on any atom is -0.485 e. The fraction of sp³-hybridized carbons (Fsp3) is 0.588. The molecule has 0 spiro atoms. The lowest BCUT2D eigenvalue weighted by Gasteiger charge is -2.30. The molecular formula is C17H23NO4. The van der Waals surface area contributed by atoms with E-state index in [1.165, 1.54) is 26.4 Å². The van der Waals surface area contributed by atoms with Crippen molar-refractivity contribution in [2.24, 2.45) is 0 Å². The normalized spacial score (nSPS) is 21.4. The quantitative estimate of drug-likeness (QED) is 0.799. The van der Waals surface area contributed by atoms with Gasteiger partial charge in [-0.2, -0.15) is 0 Å². The number of hydrogen-bond acceptors (Lipinski definition) is 5. The fourth-order valence-electron chi connectivity index (χ4n) is 3.06. The third-order valence-electron chi connectivity index (χ3n) is 4.23. The van der Waals surface area contributed by atoms with Gasteiger partial charge in [-0.15, -0.1) is 0 Å². The highest BCUT2D eigenvalue weighted by Crippen LogP contribution is 2.36. The van der Waals surface area contributed by atoms with Crippen molar-refractivity contribution < 1.29 is 19.0 Å². The topological polar surface area (TPSA) is 48.0 Å². The van der Waals surface area contributed by atoms with Crippen molar-refractivity contribution in [3.8, 4) is 11.5 Å². The number of esters is 1. The number of para-hydroxylation sites is 1. The lowest BCUT2D eigenvalue weighted by Crippen LogP contribution is -2.33. The second-order valence-corrected chi connectivity index (χ2v) is 5.91. The molecule has 1 fully saturated rings. The van der Waals surface area contributed by atoms with Crippen LogP contribution in [-0.2, 0) is 16.1 Å². The van der Waals surface area contributed by atoms with E-state index in [1.807, 2.05) is 12.1 Å². The van der Waals surface area contributed by atoms with Crippen LogP contribution in [0.4, 0.5) is 0 Å². The second kappa shape index (κ2) is 7.01. The largest absolute Gasteiger partial charge is 0.485 e. The SMILES string of the molecule is COC(=O)CC1COc2c(CN3CCCCC3)cccc2O1. The van der Waals surface area contributed by atoms with Crippen LogP contribution in [0.1, 0.15) is 31.2 Å². The zero-order chi connectivity index (χ0) is 15.4. The fourth-order valence-corrected chi connectivity index (χ4v) is 3.06. The predicted molar refractivity (Wildman–Crippen MR) is 82.1 cm³/mol. The Labute approximate surface area is 131 Å². The third kappa shape index (κ3) is 3.53. The number of fused-ring (bicyclic) bond motifs is 1. The summed E-state index contributed by atoms with van der Waals surface area (Å²) in [5.74, 6) is 1.28. The zero-order valence-electron chi connectivity index (χ0n) is 13.0. The number of carbonyl (C=O) groups excluding carboxylic acids is 1. The molecule has 0 amide bonds. The summed E-state index contributed by atoms with van der Waals surface area (Å²) in [6.07, 6.45) is 3.82. The van der Waals surface area contributed by atoms with E-state index in [0.29, 0.717) is 6.61 Å². The molecule has 0 N–H and O–H groups in total. The van der Waals surface area contributed by atoms with Crippen molar-refractivity contribution in [2.75, 3.05) is 26.8 Å². The number of benzene rings is 1. The molecule has 0 saturated carbocycles. The number of carbonyl (C=O) groups is 1. The number of methoxy groups -OCH3 is 1. The highest BCUT2D eigenvalue weighted by molar-refractivity contribution is 5.70. The summed E-state index contributed by atoms with van der Waals surface area (Å²) in [7, 11) is 1.39. The first-order valence-electron chi connectivity index (χ1n) is 7.97. The van der Waals surface area contributed by atoms with Crippen LogP contribution >= 0.6 is 0 Å². The summed E-state index contributed by atoms with van der Waals surface area (Å²) in [6, 6.07) is 5.98. The maximum atomic E-state index is 11.4. The van der Waals surface area contributed by atoms with Crippen LogP contribution < -0.4 is 9.47 Å². The van der Waals surface area contributed by atoms with Gasteiger partial charge in [0.2, 0.25) is 0 Å². The van der Waals surface area contributed by atoms with Crippen LogP contribution in [0.15, 0.2) is 18.2 Å². The second-order valence-electron chi connectivity index (χ2n) is 5.91.